The highest BCUT2D eigenvalue weighted by Gasteiger charge is 2.29. The lowest BCUT2D eigenvalue weighted by Crippen LogP contribution is -2.39. The third-order valence-electron chi connectivity index (χ3n) is 5.77. The van der Waals surface area contributed by atoms with Crippen LogP contribution in [-0.2, 0) is 22.8 Å². The van der Waals surface area contributed by atoms with Gasteiger partial charge in [-0.3, -0.25) is 0 Å². The van der Waals surface area contributed by atoms with Crippen LogP contribution < -0.4 is 10.6 Å². The lowest BCUT2D eigenvalue weighted by atomic mass is 10.0. The number of rotatable bonds is 11. The van der Waals surface area contributed by atoms with E-state index in [9.17, 15) is 30.0 Å². The van der Waals surface area contributed by atoms with Crippen molar-refractivity contribution in [3.63, 3.8) is 0 Å². The molecule has 250 valence electrons. The van der Waals surface area contributed by atoms with Gasteiger partial charge in [0, 0.05) is 35.3 Å². The van der Waals surface area contributed by atoms with Crippen LogP contribution in [0.2, 0.25) is 0 Å². The molecule has 4 atom stereocenters. The van der Waals surface area contributed by atoms with Crippen molar-refractivity contribution < 1.29 is 60.7 Å². The fourth-order valence-corrected chi connectivity index (χ4v) is 3.19. The van der Waals surface area contributed by atoms with Crippen molar-refractivity contribution >= 4 is 11.9 Å². The Balaban J connectivity index is 0.000000655. The Bertz CT molecular complexity index is 1090. The SMILES string of the molecule is CC(C)(C)NC[C@H](O)c1ccc(O)c(CO)c1.CC(C)(C)NC[C@H](O)c1ccc(O)c(CO)c1.O=C(O)[C@@H](O)[C@H](O)C(=O)O. The number of phenols is 2. The molecular weight excluding hydrogens is 580 g/mol. The van der Waals surface area contributed by atoms with E-state index >= 15 is 0 Å². The highest BCUT2D eigenvalue weighted by atomic mass is 16.4. The molecule has 0 aromatic heterocycles. The second kappa shape index (κ2) is 18.5. The van der Waals surface area contributed by atoms with Gasteiger partial charge in [-0.15, -0.1) is 0 Å². The summed E-state index contributed by atoms with van der Waals surface area (Å²) in [6.07, 6.45) is -5.84. The summed E-state index contributed by atoms with van der Waals surface area (Å²) in [5.74, 6) is -3.44. The number of benzene rings is 2. The maximum Gasteiger partial charge on any atom is 0.335 e. The summed E-state index contributed by atoms with van der Waals surface area (Å²) in [6.45, 7) is 12.5. The molecule has 0 amide bonds. The van der Waals surface area contributed by atoms with Crippen molar-refractivity contribution in [2.24, 2.45) is 0 Å². The van der Waals surface area contributed by atoms with Crippen LogP contribution in [0.4, 0.5) is 0 Å². The minimum Gasteiger partial charge on any atom is -0.508 e. The van der Waals surface area contributed by atoms with Crippen LogP contribution in [0.15, 0.2) is 36.4 Å². The molecule has 0 aliphatic rings. The smallest absolute Gasteiger partial charge is 0.335 e. The van der Waals surface area contributed by atoms with Crippen molar-refractivity contribution in [1.82, 2.24) is 10.6 Å². The molecule has 0 aliphatic heterocycles. The predicted molar refractivity (Wildman–Crippen MR) is 161 cm³/mol. The number of aliphatic carboxylic acids is 2. The predicted octanol–water partition coefficient (Wildman–Crippen LogP) is 0.489. The van der Waals surface area contributed by atoms with Gasteiger partial charge in [0.1, 0.15) is 11.5 Å². The zero-order chi connectivity index (χ0) is 34.4. The molecule has 14 heteroatoms. The number of nitrogens with one attached hydrogen (secondary N) is 2. The molecule has 12 N–H and O–H groups in total. The molecule has 14 nitrogen and oxygen atoms in total. The van der Waals surface area contributed by atoms with Crippen LogP contribution in [0.3, 0.4) is 0 Å². The summed E-state index contributed by atoms with van der Waals surface area (Å²) in [5.41, 5.74) is 2.11. The van der Waals surface area contributed by atoms with Crippen LogP contribution >= 0.6 is 0 Å². The maximum atomic E-state index is 9.97. The lowest BCUT2D eigenvalue weighted by Gasteiger charge is -2.23. The third kappa shape index (κ3) is 15.9. The lowest BCUT2D eigenvalue weighted by molar-refractivity contribution is -0.165. The molecule has 0 radical (unpaired) electrons. The Labute approximate surface area is 256 Å². The molecule has 2 rings (SSSR count). The van der Waals surface area contributed by atoms with E-state index in [4.69, 9.17) is 30.6 Å². The molecule has 0 aliphatic carbocycles. The van der Waals surface area contributed by atoms with Gasteiger partial charge in [0.25, 0.3) is 0 Å². The van der Waals surface area contributed by atoms with Gasteiger partial charge in [0.15, 0.2) is 12.2 Å². The number of carbonyl (C=O) groups is 2. The Morgan fingerprint density at radius 2 is 0.932 bits per heavy atom. The quantitative estimate of drug-likeness (QED) is 0.162. The van der Waals surface area contributed by atoms with Gasteiger partial charge in [-0.2, -0.15) is 0 Å². The normalized spacial score (nSPS) is 14.2. The molecule has 0 saturated carbocycles. The van der Waals surface area contributed by atoms with E-state index in [-0.39, 0.29) is 35.8 Å². The second-order valence-corrected chi connectivity index (χ2v) is 12.0. The van der Waals surface area contributed by atoms with E-state index < -0.39 is 36.4 Å². The molecule has 0 saturated heterocycles. The van der Waals surface area contributed by atoms with Gasteiger partial charge in [-0.1, -0.05) is 12.1 Å². The molecule has 2 aromatic carbocycles. The molecule has 0 bridgehead atoms. The standard InChI is InChI=1S/2C13H21NO3.C4H6O6/c2*1-13(2,3)14-7-12(17)9-4-5-11(16)10(6-9)8-15;5-1(3(7)8)2(6)4(9)10/h2*4-6,12,14-17H,7-8H2,1-3H3;1-2,5-6H,(H,7,8)(H,9,10)/t2*12-;1-,2-/m000/s1. The Morgan fingerprint density at radius 3 is 1.16 bits per heavy atom. The first-order chi connectivity index (χ1) is 20.1. The Morgan fingerprint density at radius 1 is 0.636 bits per heavy atom. The zero-order valence-electron chi connectivity index (χ0n) is 25.9. The van der Waals surface area contributed by atoms with Gasteiger partial charge >= 0.3 is 11.9 Å². The largest absolute Gasteiger partial charge is 0.508 e. The van der Waals surface area contributed by atoms with E-state index in [0.29, 0.717) is 35.3 Å². The molecule has 0 heterocycles. The van der Waals surface area contributed by atoms with E-state index in [1.54, 1.807) is 24.3 Å². The summed E-state index contributed by atoms with van der Waals surface area (Å²) >= 11 is 0. The zero-order valence-corrected chi connectivity index (χ0v) is 25.9. The number of β-amino-alcohol motifs (C(OH)–C–C–N with tert-alkyl or cyclic N) is 2. The fourth-order valence-electron chi connectivity index (χ4n) is 3.19. The van der Waals surface area contributed by atoms with Crippen molar-refractivity contribution in [2.45, 2.75) is 90.2 Å². The molecule has 0 unspecified atom stereocenters. The van der Waals surface area contributed by atoms with Crippen molar-refractivity contribution in [3.8, 4) is 11.5 Å². The van der Waals surface area contributed by atoms with Crippen LogP contribution in [-0.4, -0.2) is 99.4 Å². The summed E-state index contributed by atoms with van der Waals surface area (Å²) in [6, 6.07) is 9.52. The average molecular weight is 629 g/mol. The van der Waals surface area contributed by atoms with Gasteiger partial charge in [-0.05, 0) is 76.9 Å². The van der Waals surface area contributed by atoms with Gasteiger partial charge in [0.2, 0.25) is 0 Å². The third-order valence-corrected chi connectivity index (χ3v) is 5.77. The van der Waals surface area contributed by atoms with Crippen molar-refractivity contribution in [3.05, 3.63) is 58.7 Å². The second-order valence-electron chi connectivity index (χ2n) is 12.0. The first-order valence-corrected chi connectivity index (χ1v) is 13.7. The molecule has 2 aromatic rings. The summed E-state index contributed by atoms with van der Waals surface area (Å²) in [7, 11) is 0. The summed E-state index contributed by atoms with van der Waals surface area (Å²) in [4.78, 5) is 19.5. The van der Waals surface area contributed by atoms with Gasteiger partial charge < -0.3 is 61.7 Å². The average Bonchev–Trinajstić information content (AvgIpc) is 2.94. The van der Waals surface area contributed by atoms with E-state index in [1.165, 1.54) is 12.1 Å². The highest BCUT2D eigenvalue weighted by Crippen LogP contribution is 2.23. The molecular formula is C30H48N2O12. The van der Waals surface area contributed by atoms with Crippen LogP contribution in [0.1, 0.15) is 76.0 Å². The minimum absolute atomic E-state index is 0.0484. The van der Waals surface area contributed by atoms with E-state index in [0.717, 1.165) is 0 Å². The van der Waals surface area contributed by atoms with Crippen molar-refractivity contribution in [1.29, 1.82) is 0 Å². The van der Waals surface area contributed by atoms with Crippen LogP contribution in [0.25, 0.3) is 0 Å². The molecule has 44 heavy (non-hydrogen) atoms. The molecule has 0 spiro atoms. The number of carboxylic acid groups (broad SMARTS) is 2. The van der Waals surface area contributed by atoms with E-state index in [1.807, 2.05) is 41.5 Å². The minimum atomic E-state index is -2.27. The maximum absolute atomic E-state index is 9.97. The summed E-state index contributed by atoms with van der Waals surface area (Å²) < 4.78 is 0. The highest BCUT2D eigenvalue weighted by molar-refractivity contribution is 5.83. The number of carboxylic acids is 2. The summed E-state index contributed by atoms with van der Waals surface area (Å²) in [5, 5.41) is 95.7. The number of hydrogen-bond acceptors (Lipinski definition) is 12. The Hall–Kier alpha value is -3.34. The van der Waals surface area contributed by atoms with E-state index in [2.05, 4.69) is 10.6 Å². The van der Waals surface area contributed by atoms with Crippen LogP contribution in [0.5, 0.6) is 11.5 Å². The van der Waals surface area contributed by atoms with Gasteiger partial charge in [0.05, 0.1) is 25.4 Å². The van der Waals surface area contributed by atoms with Crippen LogP contribution in [0, 0.1) is 0 Å². The van der Waals surface area contributed by atoms with Gasteiger partial charge in [-0.25, -0.2) is 9.59 Å². The number of aliphatic hydroxyl groups excluding tert-OH is 6. The number of aliphatic hydroxyl groups is 6. The first kappa shape index (κ1) is 40.7. The number of hydrogen-bond donors (Lipinski definition) is 12. The monoisotopic (exact) mass is 628 g/mol. The van der Waals surface area contributed by atoms with Crippen molar-refractivity contribution in [2.75, 3.05) is 13.1 Å². The Kier molecular flexibility index (Phi) is 17.1. The first-order valence-electron chi connectivity index (χ1n) is 13.7. The fraction of sp³-hybridized carbons (Fsp3) is 0.533. The molecule has 0 fully saturated rings. The number of aromatic hydroxyl groups is 2. The topological polar surface area (TPSA) is 260 Å².